The lowest BCUT2D eigenvalue weighted by molar-refractivity contribution is 0.0986. The van der Waals surface area contributed by atoms with Crippen molar-refractivity contribution in [1.82, 2.24) is 0 Å². The summed E-state index contributed by atoms with van der Waals surface area (Å²) >= 11 is 13.9. The fourth-order valence-electron chi connectivity index (χ4n) is 3.41. The molecule has 29 heavy (non-hydrogen) atoms. The number of fused-ring (bicyclic) bond motifs is 1. The average Bonchev–Trinajstić information content (AvgIpc) is 3.07. The van der Waals surface area contributed by atoms with E-state index in [0.717, 1.165) is 24.9 Å². The van der Waals surface area contributed by atoms with E-state index < -0.39 is 5.91 Å². The Labute approximate surface area is 183 Å². The number of hydrogen-bond donors (Lipinski definition) is 1. The van der Waals surface area contributed by atoms with Gasteiger partial charge in [-0.15, -0.1) is 11.3 Å². The number of halogens is 2. The number of nitrogens with zero attached hydrogens (tertiary/aromatic N) is 1. The molecule has 7 heteroatoms. The van der Waals surface area contributed by atoms with Crippen LogP contribution in [0.25, 0.3) is 0 Å². The second kappa shape index (κ2) is 8.57. The zero-order chi connectivity index (χ0) is 20.4. The predicted octanol–water partition coefficient (Wildman–Crippen LogP) is 6.29. The minimum atomic E-state index is -0.393. The van der Waals surface area contributed by atoms with E-state index in [9.17, 15) is 9.59 Å². The van der Waals surface area contributed by atoms with Crippen LogP contribution in [-0.2, 0) is 6.42 Å². The summed E-state index contributed by atoms with van der Waals surface area (Å²) in [7, 11) is 0. The number of aryl methyl sites for hydroxylation is 1. The van der Waals surface area contributed by atoms with Gasteiger partial charge >= 0.3 is 0 Å². The van der Waals surface area contributed by atoms with Crippen molar-refractivity contribution in [3.8, 4) is 0 Å². The minimum absolute atomic E-state index is 0.0291. The normalized spacial score (nSPS) is 13.5. The Morgan fingerprint density at radius 1 is 0.966 bits per heavy atom. The van der Waals surface area contributed by atoms with Gasteiger partial charge in [0.25, 0.3) is 11.8 Å². The molecule has 0 fully saturated rings. The highest BCUT2D eigenvalue weighted by Gasteiger charge is 2.23. The first-order valence-electron chi connectivity index (χ1n) is 9.28. The molecule has 0 atom stereocenters. The van der Waals surface area contributed by atoms with Gasteiger partial charge in [0.05, 0.1) is 21.3 Å². The average molecular weight is 445 g/mol. The lowest BCUT2D eigenvalue weighted by Gasteiger charge is -2.21. The largest absolute Gasteiger partial charge is 0.322 e. The van der Waals surface area contributed by atoms with Gasteiger partial charge in [0, 0.05) is 22.7 Å². The Morgan fingerprint density at radius 3 is 2.41 bits per heavy atom. The van der Waals surface area contributed by atoms with E-state index in [4.69, 9.17) is 23.2 Å². The third kappa shape index (κ3) is 4.17. The van der Waals surface area contributed by atoms with Gasteiger partial charge in [-0.05, 0) is 67.1 Å². The standard InChI is InChI=1S/C22H18Cl2N2O2S/c23-16-4-3-5-17(24)20(16)21(27)25-15-9-7-14(8-10-15)22(28)26-12-2-1-6-19-18(26)11-13-29-19/h3-5,7-11,13H,1-2,6,12H2,(H,25,27). The number of thiophene rings is 1. The number of carbonyl (C=O) groups excluding carboxylic acids is 2. The highest BCUT2D eigenvalue weighted by Crippen LogP contribution is 2.32. The fraction of sp³-hybridized carbons (Fsp3) is 0.182. The highest BCUT2D eigenvalue weighted by atomic mass is 35.5. The van der Waals surface area contributed by atoms with Crippen molar-refractivity contribution in [3.05, 3.63) is 80.0 Å². The van der Waals surface area contributed by atoms with Gasteiger partial charge in [-0.25, -0.2) is 0 Å². The van der Waals surface area contributed by atoms with Crippen molar-refractivity contribution >= 4 is 57.7 Å². The van der Waals surface area contributed by atoms with Crippen LogP contribution >= 0.6 is 34.5 Å². The molecule has 2 aromatic carbocycles. The zero-order valence-corrected chi connectivity index (χ0v) is 17.8. The first-order valence-corrected chi connectivity index (χ1v) is 10.9. The van der Waals surface area contributed by atoms with E-state index in [1.54, 1.807) is 53.8 Å². The van der Waals surface area contributed by atoms with Crippen molar-refractivity contribution < 1.29 is 9.59 Å². The maximum absolute atomic E-state index is 13.1. The van der Waals surface area contributed by atoms with Crippen molar-refractivity contribution in [2.45, 2.75) is 19.3 Å². The van der Waals surface area contributed by atoms with Gasteiger partial charge < -0.3 is 10.2 Å². The molecule has 4 nitrogen and oxygen atoms in total. The Morgan fingerprint density at radius 2 is 1.69 bits per heavy atom. The van der Waals surface area contributed by atoms with Crippen LogP contribution < -0.4 is 10.2 Å². The van der Waals surface area contributed by atoms with Crippen LogP contribution in [0, 0.1) is 0 Å². The molecular weight excluding hydrogens is 427 g/mol. The van der Waals surface area contributed by atoms with Crippen LogP contribution in [0.15, 0.2) is 53.9 Å². The third-order valence-corrected chi connectivity index (χ3v) is 6.47. The molecule has 1 aromatic heterocycles. The zero-order valence-electron chi connectivity index (χ0n) is 15.5. The summed E-state index contributed by atoms with van der Waals surface area (Å²) in [6, 6.07) is 13.8. The summed E-state index contributed by atoms with van der Waals surface area (Å²) < 4.78 is 0. The highest BCUT2D eigenvalue weighted by molar-refractivity contribution is 7.10. The van der Waals surface area contributed by atoms with Gasteiger partial charge in [0.1, 0.15) is 0 Å². The quantitative estimate of drug-likeness (QED) is 0.515. The van der Waals surface area contributed by atoms with Gasteiger partial charge in [0.15, 0.2) is 0 Å². The van der Waals surface area contributed by atoms with Gasteiger partial charge in [-0.2, -0.15) is 0 Å². The molecular formula is C22H18Cl2N2O2S. The third-order valence-electron chi connectivity index (χ3n) is 4.87. The Kier molecular flexibility index (Phi) is 5.90. The monoisotopic (exact) mass is 444 g/mol. The van der Waals surface area contributed by atoms with E-state index in [1.807, 2.05) is 16.3 Å². The molecule has 0 unspecified atom stereocenters. The van der Waals surface area contributed by atoms with E-state index >= 15 is 0 Å². The summed E-state index contributed by atoms with van der Waals surface area (Å²) in [4.78, 5) is 28.7. The Balaban J connectivity index is 1.51. The molecule has 1 aliphatic heterocycles. The topological polar surface area (TPSA) is 49.4 Å². The molecule has 0 saturated heterocycles. The number of benzene rings is 2. The van der Waals surface area contributed by atoms with E-state index in [2.05, 4.69) is 5.32 Å². The lowest BCUT2D eigenvalue weighted by Crippen LogP contribution is -2.31. The van der Waals surface area contributed by atoms with E-state index in [-0.39, 0.29) is 21.5 Å². The fourth-order valence-corrected chi connectivity index (χ4v) is 4.90. The van der Waals surface area contributed by atoms with Gasteiger partial charge in [-0.3, -0.25) is 9.59 Å². The summed E-state index contributed by atoms with van der Waals surface area (Å²) in [5.74, 6) is -0.423. The molecule has 0 aliphatic carbocycles. The van der Waals surface area contributed by atoms with E-state index in [0.29, 0.717) is 17.8 Å². The van der Waals surface area contributed by atoms with Gasteiger partial charge in [-0.1, -0.05) is 29.3 Å². The number of nitrogens with one attached hydrogen (secondary N) is 1. The molecule has 0 bridgehead atoms. The molecule has 0 spiro atoms. The van der Waals surface area contributed by atoms with Crippen molar-refractivity contribution in [3.63, 3.8) is 0 Å². The SMILES string of the molecule is O=C(Nc1ccc(C(=O)N2CCCCc3sccc32)cc1)c1c(Cl)cccc1Cl. The van der Waals surface area contributed by atoms with Crippen molar-refractivity contribution in [2.75, 3.05) is 16.8 Å². The minimum Gasteiger partial charge on any atom is -0.322 e. The van der Waals surface area contributed by atoms with Gasteiger partial charge in [0.2, 0.25) is 0 Å². The summed E-state index contributed by atoms with van der Waals surface area (Å²) in [5, 5.41) is 5.39. The van der Waals surface area contributed by atoms with Crippen LogP contribution in [-0.4, -0.2) is 18.4 Å². The lowest BCUT2D eigenvalue weighted by atomic mass is 10.1. The predicted molar refractivity (Wildman–Crippen MR) is 120 cm³/mol. The van der Waals surface area contributed by atoms with Crippen LogP contribution in [0.1, 0.15) is 38.4 Å². The molecule has 2 heterocycles. The van der Waals surface area contributed by atoms with Crippen LogP contribution in [0.5, 0.6) is 0 Å². The van der Waals surface area contributed by atoms with E-state index in [1.165, 1.54) is 4.88 Å². The Bertz CT molecular complexity index is 1040. The maximum Gasteiger partial charge on any atom is 0.258 e. The summed E-state index contributed by atoms with van der Waals surface area (Å²) in [6.45, 7) is 0.714. The van der Waals surface area contributed by atoms with Crippen LogP contribution in [0.3, 0.4) is 0 Å². The second-order valence-electron chi connectivity index (χ2n) is 6.77. The maximum atomic E-state index is 13.1. The van der Waals surface area contributed by atoms with Crippen LogP contribution in [0.2, 0.25) is 10.0 Å². The summed E-state index contributed by atoms with van der Waals surface area (Å²) in [6.07, 6.45) is 3.10. The molecule has 2 amide bonds. The molecule has 4 rings (SSSR count). The Hall–Kier alpha value is -2.34. The first-order chi connectivity index (χ1) is 14.0. The number of rotatable bonds is 3. The molecule has 0 radical (unpaired) electrons. The molecule has 0 saturated carbocycles. The number of amides is 2. The summed E-state index contributed by atoms with van der Waals surface area (Å²) in [5.41, 5.74) is 2.39. The van der Waals surface area contributed by atoms with Crippen molar-refractivity contribution in [1.29, 1.82) is 0 Å². The number of carbonyl (C=O) groups is 2. The molecule has 3 aromatic rings. The smallest absolute Gasteiger partial charge is 0.258 e. The molecule has 1 aliphatic rings. The first kappa shape index (κ1) is 20.0. The van der Waals surface area contributed by atoms with Crippen molar-refractivity contribution in [2.24, 2.45) is 0 Å². The number of hydrogen-bond acceptors (Lipinski definition) is 3. The second-order valence-corrected chi connectivity index (χ2v) is 8.59. The number of anilines is 2. The molecule has 1 N–H and O–H groups in total. The van der Waals surface area contributed by atoms with Crippen LogP contribution in [0.4, 0.5) is 11.4 Å². The molecule has 148 valence electrons.